The fraction of sp³-hybridized carbons (Fsp3) is 0.193. The maximum Gasteiger partial charge on any atom is 0.143 e. The van der Waals surface area contributed by atoms with Gasteiger partial charge < -0.3 is 4.42 Å². The minimum Gasteiger partial charge on any atom is -0.455 e. The summed E-state index contributed by atoms with van der Waals surface area (Å²) in [4.78, 5) is 0. The van der Waals surface area contributed by atoms with Gasteiger partial charge in [-0.2, -0.15) is 0 Å². The molecule has 58 heavy (non-hydrogen) atoms. The van der Waals surface area contributed by atoms with Crippen LogP contribution in [0.15, 0.2) is 168 Å². The lowest BCUT2D eigenvalue weighted by atomic mass is 9.51. The summed E-state index contributed by atoms with van der Waals surface area (Å²) in [7, 11) is 0. The zero-order valence-corrected chi connectivity index (χ0v) is 32.6. The van der Waals surface area contributed by atoms with E-state index in [1.165, 1.54) is 126 Å². The smallest absolute Gasteiger partial charge is 0.143 e. The summed E-state index contributed by atoms with van der Waals surface area (Å²) in [6.45, 7) is 0. The standard InChI is InChI=1S/C57H44O/c1-2-14-36(15-3-1)51-38-16-4-6-18-40(38)53(41-19-7-5-17-39(41)51)46-24-13-27-50-55(46)48-26-12-25-47(57(48)58-50)54-42-20-8-10-22-44(42)56(45-23-11-9-21-43(45)54)52-37-31-30-35-29-28-34(32-37)33-49(35)52/h1-27,34-35,37,49,52H,28-33H2. The summed E-state index contributed by atoms with van der Waals surface area (Å²) in [6.07, 6.45) is 8.57. The predicted octanol–water partition coefficient (Wildman–Crippen LogP) is 16.1. The van der Waals surface area contributed by atoms with E-state index in [-0.39, 0.29) is 0 Å². The molecule has 0 N–H and O–H groups in total. The molecule has 5 unspecified atom stereocenters. The van der Waals surface area contributed by atoms with E-state index in [4.69, 9.17) is 4.42 Å². The average Bonchev–Trinajstić information content (AvgIpc) is 3.67. The molecular weight excluding hydrogens is 701 g/mol. The Balaban J connectivity index is 1.08. The van der Waals surface area contributed by atoms with Crippen LogP contribution in [0.1, 0.15) is 50.0 Å². The molecule has 0 amide bonds. The lowest BCUT2D eigenvalue weighted by Gasteiger charge is -2.54. The number of rotatable bonds is 4. The van der Waals surface area contributed by atoms with Crippen molar-refractivity contribution in [2.75, 3.05) is 0 Å². The fourth-order valence-electron chi connectivity index (χ4n) is 12.9. The van der Waals surface area contributed by atoms with Gasteiger partial charge in [-0.15, -0.1) is 0 Å². The van der Waals surface area contributed by atoms with Crippen LogP contribution in [0.2, 0.25) is 0 Å². The second-order valence-corrected chi connectivity index (χ2v) is 17.8. The lowest BCUT2D eigenvalue weighted by molar-refractivity contribution is 0.00868. The monoisotopic (exact) mass is 744 g/mol. The largest absolute Gasteiger partial charge is 0.455 e. The Bertz CT molecular complexity index is 3160. The molecule has 13 rings (SSSR count). The second kappa shape index (κ2) is 12.7. The Hall–Kier alpha value is -6.18. The third-order valence-electron chi connectivity index (χ3n) is 15.0. The zero-order chi connectivity index (χ0) is 37.9. The first-order valence-electron chi connectivity index (χ1n) is 21.7. The number of furan rings is 1. The molecule has 1 heteroatoms. The Morgan fingerprint density at radius 2 is 0.879 bits per heavy atom. The molecule has 0 radical (unpaired) electrons. The molecule has 3 bridgehead atoms. The molecule has 0 spiro atoms. The Morgan fingerprint density at radius 3 is 1.55 bits per heavy atom. The number of benzene rings is 9. The number of hydrogen-bond donors (Lipinski definition) is 0. The van der Waals surface area contributed by atoms with Gasteiger partial charge in [0.15, 0.2) is 0 Å². The van der Waals surface area contributed by atoms with E-state index in [1.54, 1.807) is 5.56 Å². The van der Waals surface area contributed by atoms with Gasteiger partial charge in [0.25, 0.3) is 0 Å². The maximum atomic E-state index is 7.16. The highest BCUT2D eigenvalue weighted by atomic mass is 16.3. The van der Waals surface area contributed by atoms with Crippen molar-refractivity contribution in [1.82, 2.24) is 0 Å². The Kier molecular flexibility index (Phi) is 7.17. The molecule has 10 aromatic rings. The summed E-state index contributed by atoms with van der Waals surface area (Å²) in [5, 5.41) is 13.0. The van der Waals surface area contributed by atoms with Crippen LogP contribution in [-0.2, 0) is 0 Å². The lowest BCUT2D eigenvalue weighted by Crippen LogP contribution is -2.43. The fourth-order valence-corrected chi connectivity index (χ4v) is 12.9. The normalized spacial score (nSPS) is 21.6. The van der Waals surface area contributed by atoms with Gasteiger partial charge in [0.1, 0.15) is 11.2 Å². The minimum absolute atomic E-state index is 0.640. The predicted molar refractivity (Wildman–Crippen MR) is 244 cm³/mol. The van der Waals surface area contributed by atoms with E-state index in [9.17, 15) is 0 Å². The molecule has 0 saturated heterocycles. The molecule has 9 aromatic carbocycles. The van der Waals surface area contributed by atoms with Crippen LogP contribution in [-0.4, -0.2) is 0 Å². The zero-order valence-electron chi connectivity index (χ0n) is 32.6. The molecule has 1 heterocycles. The molecule has 3 aliphatic rings. The highest BCUT2D eigenvalue weighted by Gasteiger charge is 2.48. The van der Waals surface area contributed by atoms with E-state index in [0.29, 0.717) is 5.92 Å². The van der Waals surface area contributed by atoms with Crippen molar-refractivity contribution < 1.29 is 4.42 Å². The summed E-state index contributed by atoms with van der Waals surface area (Å²) >= 11 is 0. The summed E-state index contributed by atoms with van der Waals surface area (Å²) < 4.78 is 7.16. The van der Waals surface area contributed by atoms with Gasteiger partial charge in [-0.05, 0) is 139 Å². The SMILES string of the molecule is c1ccc(-c2c3ccccc3c(-c3cccc4oc5c(-c6c7ccccc7c(C7C8CCC9CCC(C8)CC97)c7ccccc67)cccc5c34)c3ccccc23)cc1. The van der Waals surface area contributed by atoms with Gasteiger partial charge in [0, 0.05) is 21.9 Å². The number of fused-ring (bicyclic) bond motifs is 9. The van der Waals surface area contributed by atoms with Crippen LogP contribution >= 0.6 is 0 Å². The molecule has 0 aliphatic heterocycles. The van der Waals surface area contributed by atoms with Crippen molar-refractivity contribution in [3.63, 3.8) is 0 Å². The van der Waals surface area contributed by atoms with E-state index in [2.05, 4.69) is 164 Å². The van der Waals surface area contributed by atoms with Crippen molar-refractivity contribution in [2.24, 2.45) is 23.7 Å². The van der Waals surface area contributed by atoms with Gasteiger partial charge in [0.05, 0.1) is 0 Å². The second-order valence-electron chi connectivity index (χ2n) is 17.8. The van der Waals surface area contributed by atoms with Crippen LogP contribution in [0, 0.1) is 23.7 Å². The highest BCUT2D eigenvalue weighted by molar-refractivity contribution is 6.27. The average molecular weight is 745 g/mol. The molecule has 1 nitrogen and oxygen atoms in total. The van der Waals surface area contributed by atoms with Gasteiger partial charge in [-0.25, -0.2) is 0 Å². The van der Waals surface area contributed by atoms with E-state index >= 15 is 0 Å². The first kappa shape index (κ1) is 32.9. The summed E-state index contributed by atoms with van der Waals surface area (Å²) in [6, 6.07) is 61.1. The van der Waals surface area contributed by atoms with E-state index in [1.807, 2.05) is 0 Å². The van der Waals surface area contributed by atoms with Crippen molar-refractivity contribution >= 4 is 65.0 Å². The molecule has 1 aromatic heterocycles. The van der Waals surface area contributed by atoms with Gasteiger partial charge in [-0.1, -0.05) is 164 Å². The van der Waals surface area contributed by atoms with Crippen molar-refractivity contribution in [3.8, 4) is 33.4 Å². The number of para-hydroxylation sites is 1. The van der Waals surface area contributed by atoms with Gasteiger partial charge in [-0.3, -0.25) is 0 Å². The Labute approximate surface area is 338 Å². The molecule has 3 saturated carbocycles. The molecule has 3 aliphatic carbocycles. The molecule has 278 valence electrons. The third kappa shape index (κ3) is 4.65. The number of hydrogen-bond acceptors (Lipinski definition) is 1. The van der Waals surface area contributed by atoms with Crippen LogP contribution in [0.4, 0.5) is 0 Å². The highest BCUT2D eigenvalue weighted by Crippen LogP contribution is 2.61. The topological polar surface area (TPSA) is 13.1 Å². The van der Waals surface area contributed by atoms with Gasteiger partial charge in [0.2, 0.25) is 0 Å². The van der Waals surface area contributed by atoms with Crippen LogP contribution < -0.4 is 0 Å². The Morgan fingerprint density at radius 1 is 0.379 bits per heavy atom. The van der Waals surface area contributed by atoms with Crippen LogP contribution in [0.25, 0.3) is 98.4 Å². The third-order valence-corrected chi connectivity index (χ3v) is 15.0. The molecule has 3 fully saturated rings. The van der Waals surface area contributed by atoms with E-state index < -0.39 is 0 Å². The summed E-state index contributed by atoms with van der Waals surface area (Å²) in [5.41, 5.74) is 11.0. The first-order valence-corrected chi connectivity index (χ1v) is 21.7. The van der Waals surface area contributed by atoms with Crippen molar-refractivity contribution in [1.29, 1.82) is 0 Å². The first-order chi connectivity index (χ1) is 28.8. The minimum atomic E-state index is 0.640. The molecule has 5 atom stereocenters. The maximum absolute atomic E-state index is 7.16. The van der Waals surface area contributed by atoms with E-state index in [0.717, 1.165) is 34.8 Å². The van der Waals surface area contributed by atoms with Crippen LogP contribution in [0.5, 0.6) is 0 Å². The van der Waals surface area contributed by atoms with Crippen LogP contribution in [0.3, 0.4) is 0 Å². The summed E-state index contributed by atoms with van der Waals surface area (Å²) in [5.74, 6) is 4.08. The van der Waals surface area contributed by atoms with Crippen molar-refractivity contribution in [2.45, 2.75) is 44.4 Å². The van der Waals surface area contributed by atoms with Gasteiger partial charge >= 0.3 is 0 Å². The van der Waals surface area contributed by atoms with Crippen molar-refractivity contribution in [3.05, 3.63) is 169 Å². The molecular formula is C57H44O. The quantitative estimate of drug-likeness (QED) is 0.164.